The number of hydrogen-bond acceptors (Lipinski definition) is 6. The van der Waals surface area contributed by atoms with E-state index in [0.717, 1.165) is 16.8 Å². The minimum absolute atomic E-state index is 0.0256. The van der Waals surface area contributed by atoms with Crippen LogP contribution in [-0.4, -0.2) is 86.3 Å². The highest BCUT2D eigenvalue weighted by atomic mass is 16.5. The fourth-order valence-corrected chi connectivity index (χ4v) is 6.70. The number of ether oxygens (including phenoxy) is 3. The van der Waals surface area contributed by atoms with Gasteiger partial charge in [-0.25, -0.2) is 4.79 Å². The second-order valence-corrected chi connectivity index (χ2v) is 10.9. The summed E-state index contributed by atoms with van der Waals surface area (Å²) in [5.41, 5.74) is 2.54. The van der Waals surface area contributed by atoms with Crippen molar-refractivity contribution in [1.82, 2.24) is 14.4 Å². The van der Waals surface area contributed by atoms with E-state index in [1.54, 1.807) is 50.2 Å². The molecule has 1 fully saturated rings. The van der Waals surface area contributed by atoms with Gasteiger partial charge in [-0.1, -0.05) is 30.3 Å². The molecule has 2 heterocycles. The van der Waals surface area contributed by atoms with Crippen molar-refractivity contribution >= 4 is 17.8 Å². The van der Waals surface area contributed by atoms with E-state index >= 15 is 0 Å². The Morgan fingerprint density at radius 1 is 1.00 bits per heavy atom. The van der Waals surface area contributed by atoms with Gasteiger partial charge >= 0.3 is 5.97 Å². The number of esters is 1. The van der Waals surface area contributed by atoms with Gasteiger partial charge in [-0.3, -0.25) is 9.59 Å². The summed E-state index contributed by atoms with van der Waals surface area (Å²) in [5.74, 6) is -0.500. The molecule has 216 valence electrons. The van der Waals surface area contributed by atoms with E-state index < -0.39 is 11.5 Å². The smallest absolute Gasteiger partial charge is 0.332 e. The third-order valence-electron chi connectivity index (χ3n) is 8.50. The lowest BCUT2D eigenvalue weighted by molar-refractivity contribution is -0.153. The van der Waals surface area contributed by atoms with E-state index in [-0.39, 0.29) is 30.1 Å². The Hall–Kier alpha value is -4.11. The number of hydrogen-bond donors (Lipinski definition) is 0. The van der Waals surface area contributed by atoms with Gasteiger partial charge in [0.2, 0.25) is 0 Å². The standard InChI is InChI=1S/C32H37N3O6/c1-33(2)30(37)27-18-25-26(34(27)15-16-39-3)17-23-20-35(29(36)22-9-7-6-8-10-22)32(28(23)25,31(38)41-5)19-21-11-13-24(40-4)14-12-21/h6-14,18,23,28H,15-17,19-20H2,1-5H3/t23-,28+,32+/m0/s1. The molecule has 0 N–H and O–H groups in total. The maximum absolute atomic E-state index is 14.1. The van der Waals surface area contributed by atoms with Crippen molar-refractivity contribution in [2.45, 2.75) is 30.8 Å². The fourth-order valence-electron chi connectivity index (χ4n) is 6.70. The Labute approximate surface area is 240 Å². The van der Waals surface area contributed by atoms with Crippen LogP contribution in [0.4, 0.5) is 0 Å². The molecule has 1 saturated heterocycles. The molecule has 1 aromatic heterocycles. The molecule has 9 nitrogen and oxygen atoms in total. The van der Waals surface area contributed by atoms with Gasteiger partial charge in [-0.2, -0.15) is 0 Å². The highest BCUT2D eigenvalue weighted by molar-refractivity contribution is 6.00. The first-order chi connectivity index (χ1) is 19.8. The number of benzene rings is 2. The molecule has 5 rings (SSSR count). The van der Waals surface area contributed by atoms with Gasteiger partial charge in [0.15, 0.2) is 5.54 Å². The quantitative estimate of drug-likeness (QED) is 0.374. The Bertz CT molecular complexity index is 1430. The zero-order valence-corrected chi connectivity index (χ0v) is 24.3. The van der Waals surface area contributed by atoms with E-state index in [0.29, 0.717) is 43.1 Å². The number of carbonyl (C=O) groups excluding carboxylic acids is 3. The molecular weight excluding hydrogens is 522 g/mol. The Balaban J connectivity index is 1.69. The van der Waals surface area contributed by atoms with Crippen molar-refractivity contribution in [1.29, 1.82) is 0 Å². The number of carbonyl (C=O) groups is 3. The molecule has 2 aromatic carbocycles. The predicted octanol–water partition coefficient (Wildman–Crippen LogP) is 3.41. The van der Waals surface area contributed by atoms with Gasteiger partial charge in [0.05, 0.1) is 20.8 Å². The zero-order valence-electron chi connectivity index (χ0n) is 24.3. The number of nitrogens with zero attached hydrogens (tertiary/aromatic N) is 3. The highest BCUT2D eigenvalue weighted by Crippen LogP contribution is 2.55. The predicted molar refractivity (Wildman–Crippen MR) is 153 cm³/mol. The van der Waals surface area contributed by atoms with Crippen LogP contribution in [0, 0.1) is 5.92 Å². The molecule has 2 aliphatic rings. The third-order valence-corrected chi connectivity index (χ3v) is 8.50. The summed E-state index contributed by atoms with van der Waals surface area (Å²) in [6.07, 6.45) is 0.882. The van der Waals surface area contributed by atoms with Crippen molar-refractivity contribution in [3.63, 3.8) is 0 Å². The van der Waals surface area contributed by atoms with E-state index in [2.05, 4.69) is 0 Å². The van der Waals surface area contributed by atoms with E-state index in [1.165, 1.54) is 7.11 Å². The summed E-state index contributed by atoms with van der Waals surface area (Å²) in [6.45, 7) is 1.34. The summed E-state index contributed by atoms with van der Waals surface area (Å²) in [4.78, 5) is 44.8. The van der Waals surface area contributed by atoms with Crippen LogP contribution in [0.2, 0.25) is 0 Å². The van der Waals surface area contributed by atoms with Crippen LogP contribution in [0.25, 0.3) is 0 Å². The van der Waals surface area contributed by atoms with Gasteiger partial charge in [-0.15, -0.1) is 0 Å². The Morgan fingerprint density at radius 2 is 1.71 bits per heavy atom. The summed E-state index contributed by atoms with van der Waals surface area (Å²) in [7, 11) is 8.06. The molecule has 3 aromatic rings. The SMILES string of the molecule is COCCn1c(C(=O)N(C)C)cc2c1C[C@H]1CN(C(=O)c3ccccc3)[C@@](Cc3ccc(OC)cc3)(C(=O)OC)[C@@H]21. The van der Waals surface area contributed by atoms with Crippen LogP contribution in [0.5, 0.6) is 5.75 Å². The first kappa shape index (κ1) is 28.4. The fraction of sp³-hybridized carbons (Fsp3) is 0.406. The maximum Gasteiger partial charge on any atom is 0.332 e. The second-order valence-electron chi connectivity index (χ2n) is 10.9. The normalized spacial score (nSPS) is 20.9. The van der Waals surface area contributed by atoms with Crippen molar-refractivity contribution in [2.24, 2.45) is 5.92 Å². The number of methoxy groups -OCH3 is 3. The molecule has 0 saturated carbocycles. The van der Waals surface area contributed by atoms with Crippen molar-refractivity contribution < 1.29 is 28.6 Å². The molecule has 3 atom stereocenters. The van der Waals surface area contributed by atoms with Gasteiger partial charge in [0.25, 0.3) is 11.8 Å². The van der Waals surface area contributed by atoms with Gasteiger partial charge in [-0.05, 0) is 53.8 Å². The average Bonchev–Trinajstić information content (AvgIpc) is 3.63. The third kappa shape index (κ3) is 4.78. The number of rotatable bonds is 9. The average molecular weight is 560 g/mol. The van der Waals surface area contributed by atoms with Crippen LogP contribution in [0.3, 0.4) is 0 Å². The Kier molecular flexibility index (Phi) is 7.91. The summed E-state index contributed by atoms with van der Waals surface area (Å²) in [5, 5.41) is 0. The van der Waals surface area contributed by atoms with Gasteiger partial charge in [0.1, 0.15) is 11.4 Å². The molecule has 2 amide bonds. The summed E-state index contributed by atoms with van der Waals surface area (Å²) < 4.78 is 18.3. The molecule has 0 bridgehead atoms. The first-order valence-electron chi connectivity index (χ1n) is 13.8. The lowest BCUT2D eigenvalue weighted by Crippen LogP contribution is -2.58. The second kappa shape index (κ2) is 11.4. The van der Waals surface area contributed by atoms with Crippen LogP contribution in [0.15, 0.2) is 60.7 Å². The van der Waals surface area contributed by atoms with Crippen molar-refractivity contribution in [3.8, 4) is 5.75 Å². The van der Waals surface area contributed by atoms with Crippen LogP contribution < -0.4 is 4.74 Å². The maximum atomic E-state index is 14.1. The molecule has 41 heavy (non-hydrogen) atoms. The van der Waals surface area contributed by atoms with Crippen LogP contribution >= 0.6 is 0 Å². The topological polar surface area (TPSA) is 90.3 Å². The molecule has 1 aliphatic heterocycles. The Morgan fingerprint density at radius 3 is 2.32 bits per heavy atom. The molecule has 9 heteroatoms. The largest absolute Gasteiger partial charge is 0.497 e. The monoisotopic (exact) mass is 559 g/mol. The molecular formula is C32H37N3O6. The lowest BCUT2D eigenvalue weighted by atomic mass is 9.75. The number of fused-ring (bicyclic) bond motifs is 3. The summed E-state index contributed by atoms with van der Waals surface area (Å²) in [6, 6.07) is 18.5. The highest BCUT2D eigenvalue weighted by Gasteiger charge is 2.64. The zero-order chi connectivity index (χ0) is 29.3. The molecule has 0 radical (unpaired) electrons. The minimum Gasteiger partial charge on any atom is -0.497 e. The lowest BCUT2D eigenvalue weighted by Gasteiger charge is -2.40. The number of amides is 2. The van der Waals surface area contributed by atoms with E-state index in [9.17, 15) is 14.4 Å². The van der Waals surface area contributed by atoms with E-state index in [1.807, 2.05) is 53.1 Å². The molecule has 0 spiro atoms. The van der Waals surface area contributed by atoms with E-state index in [4.69, 9.17) is 14.2 Å². The number of likely N-dealkylation sites (tertiary alicyclic amines) is 1. The number of aromatic nitrogens is 1. The minimum atomic E-state index is -1.32. The summed E-state index contributed by atoms with van der Waals surface area (Å²) >= 11 is 0. The van der Waals surface area contributed by atoms with Crippen molar-refractivity contribution in [3.05, 3.63) is 88.7 Å². The van der Waals surface area contributed by atoms with Crippen LogP contribution in [-0.2, 0) is 33.7 Å². The van der Waals surface area contributed by atoms with Crippen LogP contribution in [0.1, 0.15) is 43.6 Å². The molecule has 1 aliphatic carbocycles. The van der Waals surface area contributed by atoms with Gasteiger partial charge < -0.3 is 28.6 Å². The molecule has 0 unspecified atom stereocenters. The van der Waals surface area contributed by atoms with Crippen molar-refractivity contribution in [2.75, 3.05) is 48.6 Å². The van der Waals surface area contributed by atoms with Gasteiger partial charge in [0, 0.05) is 57.9 Å². The first-order valence-corrected chi connectivity index (χ1v) is 13.8.